The predicted octanol–water partition coefficient (Wildman–Crippen LogP) is 1.13. The quantitative estimate of drug-likeness (QED) is 0.587. The number of aromatic hydroxyl groups is 1. The average Bonchev–Trinajstić information content (AvgIpc) is 2.15. The molecule has 0 bridgehead atoms. The Hall–Kier alpha value is -1.83. The van der Waals surface area contributed by atoms with Crippen LogP contribution in [0.1, 0.15) is 17.6 Å². The molecular formula is C7H6F2N2O4. The van der Waals surface area contributed by atoms with Crippen molar-refractivity contribution >= 4 is 5.82 Å². The molecule has 0 amide bonds. The first-order chi connectivity index (χ1) is 6.99. The van der Waals surface area contributed by atoms with E-state index < -0.39 is 40.6 Å². The first kappa shape index (κ1) is 11.2. The number of hydrogen-bond donors (Lipinski definition) is 2. The normalized spacial score (nSPS) is 10.7. The molecule has 1 aromatic heterocycles. The zero-order chi connectivity index (χ0) is 11.6. The van der Waals surface area contributed by atoms with Gasteiger partial charge in [0.05, 0.1) is 17.7 Å². The highest BCUT2D eigenvalue weighted by molar-refractivity contribution is 5.46. The van der Waals surface area contributed by atoms with E-state index in [1.165, 1.54) is 0 Å². The Bertz CT molecular complexity index is 397. The topological polar surface area (TPSA) is 96.5 Å². The number of nitro groups is 1. The maximum absolute atomic E-state index is 12.4. The van der Waals surface area contributed by atoms with Crippen LogP contribution in [0.5, 0.6) is 5.75 Å². The second-order valence-electron chi connectivity index (χ2n) is 2.58. The molecule has 0 spiro atoms. The van der Waals surface area contributed by atoms with Crippen molar-refractivity contribution in [1.82, 2.24) is 4.98 Å². The van der Waals surface area contributed by atoms with Gasteiger partial charge in [-0.3, -0.25) is 0 Å². The SMILES string of the molecule is O=[N+]([O-])c1ncc(O)c(C(F)F)c1CO. The molecule has 0 aliphatic rings. The van der Waals surface area contributed by atoms with Crippen molar-refractivity contribution in [3.05, 3.63) is 27.4 Å². The van der Waals surface area contributed by atoms with Gasteiger partial charge in [0.25, 0.3) is 6.43 Å². The summed E-state index contributed by atoms with van der Waals surface area (Å²) < 4.78 is 24.8. The number of halogens is 2. The molecule has 0 saturated carbocycles. The van der Waals surface area contributed by atoms with Crippen molar-refractivity contribution in [2.75, 3.05) is 0 Å². The fourth-order valence-electron chi connectivity index (χ4n) is 1.10. The fourth-order valence-corrected chi connectivity index (χ4v) is 1.10. The van der Waals surface area contributed by atoms with Crippen LogP contribution in [0, 0.1) is 10.1 Å². The van der Waals surface area contributed by atoms with Crippen LogP contribution in [0.3, 0.4) is 0 Å². The number of nitrogens with zero attached hydrogens (tertiary/aromatic N) is 2. The van der Waals surface area contributed by atoms with Gasteiger partial charge in [-0.1, -0.05) is 0 Å². The van der Waals surface area contributed by atoms with Gasteiger partial charge in [-0.15, -0.1) is 0 Å². The van der Waals surface area contributed by atoms with E-state index in [4.69, 9.17) is 10.2 Å². The van der Waals surface area contributed by atoms with Crippen LogP contribution in [0.25, 0.3) is 0 Å². The first-order valence-electron chi connectivity index (χ1n) is 3.73. The van der Waals surface area contributed by atoms with Gasteiger partial charge in [0.1, 0.15) is 0 Å². The summed E-state index contributed by atoms with van der Waals surface area (Å²) in [6, 6.07) is 0. The van der Waals surface area contributed by atoms with Gasteiger partial charge in [-0.05, 0) is 9.91 Å². The van der Waals surface area contributed by atoms with E-state index in [-0.39, 0.29) is 0 Å². The Labute approximate surface area is 82.0 Å². The number of aliphatic hydroxyl groups is 1. The summed E-state index contributed by atoms with van der Waals surface area (Å²) in [6.07, 6.45) is -2.56. The number of aliphatic hydroxyl groups excluding tert-OH is 1. The van der Waals surface area contributed by atoms with Crippen molar-refractivity contribution < 1.29 is 23.9 Å². The molecular weight excluding hydrogens is 214 g/mol. The van der Waals surface area contributed by atoms with Gasteiger partial charge < -0.3 is 20.3 Å². The molecule has 82 valence electrons. The molecule has 0 unspecified atom stereocenters. The Kier molecular flexibility index (Phi) is 3.10. The van der Waals surface area contributed by atoms with Crippen molar-refractivity contribution in [2.45, 2.75) is 13.0 Å². The number of rotatable bonds is 3. The van der Waals surface area contributed by atoms with Crippen LogP contribution in [-0.2, 0) is 6.61 Å². The second kappa shape index (κ2) is 4.13. The molecule has 1 aromatic rings. The van der Waals surface area contributed by atoms with Crippen LogP contribution in [0.4, 0.5) is 14.6 Å². The molecule has 0 aromatic carbocycles. The lowest BCUT2D eigenvalue weighted by Crippen LogP contribution is -2.04. The lowest BCUT2D eigenvalue weighted by atomic mass is 10.1. The highest BCUT2D eigenvalue weighted by atomic mass is 19.3. The van der Waals surface area contributed by atoms with Gasteiger partial charge in [0.15, 0.2) is 11.9 Å². The third-order valence-electron chi connectivity index (χ3n) is 1.73. The van der Waals surface area contributed by atoms with E-state index >= 15 is 0 Å². The Balaban J connectivity index is 3.47. The molecule has 15 heavy (non-hydrogen) atoms. The summed E-state index contributed by atoms with van der Waals surface area (Å²) in [5, 5.41) is 28.1. The zero-order valence-electron chi connectivity index (χ0n) is 7.22. The number of hydrogen-bond acceptors (Lipinski definition) is 5. The number of aromatic nitrogens is 1. The zero-order valence-corrected chi connectivity index (χ0v) is 7.22. The molecule has 0 saturated heterocycles. The second-order valence-corrected chi connectivity index (χ2v) is 2.58. The molecule has 0 aliphatic carbocycles. The predicted molar refractivity (Wildman–Crippen MR) is 43.4 cm³/mol. The Morgan fingerprint density at radius 3 is 2.60 bits per heavy atom. The summed E-state index contributed by atoms with van der Waals surface area (Å²) >= 11 is 0. The highest BCUT2D eigenvalue weighted by Crippen LogP contribution is 2.34. The summed E-state index contributed by atoms with van der Waals surface area (Å²) in [4.78, 5) is 12.5. The molecule has 6 nitrogen and oxygen atoms in total. The molecule has 0 radical (unpaired) electrons. The highest BCUT2D eigenvalue weighted by Gasteiger charge is 2.27. The molecule has 1 rings (SSSR count). The third kappa shape index (κ3) is 1.99. The summed E-state index contributed by atoms with van der Waals surface area (Å²) in [7, 11) is 0. The minimum Gasteiger partial charge on any atom is -0.504 e. The summed E-state index contributed by atoms with van der Waals surface area (Å²) in [5.41, 5.74) is -1.63. The van der Waals surface area contributed by atoms with E-state index in [9.17, 15) is 18.9 Å². The fraction of sp³-hybridized carbons (Fsp3) is 0.286. The molecule has 0 atom stereocenters. The monoisotopic (exact) mass is 220 g/mol. The molecule has 1 heterocycles. The molecule has 0 fully saturated rings. The third-order valence-corrected chi connectivity index (χ3v) is 1.73. The Morgan fingerprint density at radius 2 is 2.20 bits per heavy atom. The molecule has 8 heteroatoms. The maximum atomic E-state index is 12.4. The van der Waals surface area contributed by atoms with Gasteiger partial charge in [0, 0.05) is 0 Å². The van der Waals surface area contributed by atoms with Crippen molar-refractivity contribution in [3.63, 3.8) is 0 Å². The van der Waals surface area contributed by atoms with Crippen molar-refractivity contribution in [1.29, 1.82) is 0 Å². The Morgan fingerprint density at radius 1 is 1.60 bits per heavy atom. The van der Waals surface area contributed by atoms with Crippen molar-refractivity contribution in [3.8, 4) is 5.75 Å². The van der Waals surface area contributed by atoms with Crippen LogP contribution in [0.15, 0.2) is 6.20 Å². The lowest BCUT2D eigenvalue weighted by molar-refractivity contribution is -0.390. The van der Waals surface area contributed by atoms with E-state index in [1.807, 2.05) is 0 Å². The van der Waals surface area contributed by atoms with Gasteiger partial charge in [0.2, 0.25) is 0 Å². The van der Waals surface area contributed by atoms with E-state index in [1.54, 1.807) is 0 Å². The smallest absolute Gasteiger partial charge is 0.369 e. The number of alkyl halides is 2. The first-order valence-corrected chi connectivity index (χ1v) is 3.73. The summed E-state index contributed by atoms with van der Waals surface area (Å²) in [5.74, 6) is -1.76. The maximum Gasteiger partial charge on any atom is 0.369 e. The standard InChI is InChI=1S/C7H6F2N2O4/c8-6(9)5-3(2-12)7(11(14)15)10-1-4(5)13/h1,6,12-13H,2H2. The van der Waals surface area contributed by atoms with Gasteiger partial charge >= 0.3 is 5.82 Å². The average molecular weight is 220 g/mol. The largest absolute Gasteiger partial charge is 0.504 e. The number of pyridine rings is 1. The van der Waals surface area contributed by atoms with Crippen molar-refractivity contribution in [2.24, 2.45) is 0 Å². The van der Waals surface area contributed by atoms with Crippen LogP contribution < -0.4 is 0 Å². The lowest BCUT2D eigenvalue weighted by Gasteiger charge is -2.07. The van der Waals surface area contributed by atoms with Crippen LogP contribution >= 0.6 is 0 Å². The molecule has 0 aliphatic heterocycles. The van der Waals surface area contributed by atoms with Crippen LogP contribution in [0.2, 0.25) is 0 Å². The minimum absolute atomic E-state index is 0.554. The van der Waals surface area contributed by atoms with Gasteiger partial charge in [-0.25, -0.2) is 8.78 Å². The van der Waals surface area contributed by atoms with E-state index in [0.29, 0.717) is 6.20 Å². The van der Waals surface area contributed by atoms with Gasteiger partial charge in [-0.2, -0.15) is 0 Å². The summed E-state index contributed by atoms with van der Waals surface area (Å²) in [6.45, 7) is -0.989. The minimum atomic E-state index is -3.12. The molecule has 2 N–H and O–H groups in total. The van der Waals surface area contributed by atoms with E-state index in [0.717, 1.165) is 0 Å². The van der Waals surface area contributed by atoms with Crippen LogP contribution in [-0.4, -0.2) is 20.1 Å². The van der Waals surface area contributed by atoms with E-state index in [2.05, 4.69) is 4.98 Å².